The van der Waals surface area contributed by atoms with Crippen molar-refractivity contribution in [2.75, 3.05) is 14.2 Å². The second-order valence-electron chi connectivity index (χ2n) is 3.73. The van der Waals surface area contributed by atoms with E-state index >= 15 is 0 Å². The van der Waals surface area contributed by atoms with Gasteiger partial charge >= 0.3 is 0 Å². The number of methoxy groups -OCH3 is 2. The maximum Gasteiger partial charge on any atom is 0.161 e. The molecule has 0 N–H and O–H groups in total. The summed E-state index contributed by atoms with van der Waals surface area (Å²) >= 11 is 14.8. The molecule has 1 aromatic heterocycles. The Bertz CT molecular complexity index is 586. The van der Waals surface area contributed by atoms with Gasteiger partial charge in [-0.15, -0.1) is 11.3 Å². The molecule has 2 rings (SSSR count). The van der Waals surface area contributed by atoms with E-state index in [2.05, 4.69) is 31.9 Å². The van der Waals surface area contributed by atoms with E-state index in [1.54, 1.807) is 25.6 Å². The van der Waals surface area contributed by atoms with Crippen molar-refractivity contribution in [2.24, 2.45) is 0 Å². The molecule has 0 radical (unpaired) electrons. The van der Waals surface area contributed by atoms with Gasteiger partial charge in [0, 0.05) is 9.35 Å². The number of benzene rings is 1. The van der Waals surface area contributed by atoms with Crippen molar-refractivity contribution in [3.8, 4) is 11.5 Å². The van der Waals surface area contributed by atoms with E-state index in [0.29, 0.717) is 11.5 Å². The minimum atomic E-state index is 0.0548. The van der Waals surface area contributed by atoms with Crippen molar-refractivity contribution in [3.05, 3.63) is 43.5 Å². The fourth-order valence-electron chi connectivity index (χ4n) is 1.68. The van der Waals surface area contributed by atoms with Gasteiger partial charge in [-0.1, -0.05) is 43.5 Å². The summed E-state index contributed by atoms with van der Waals surface area (Å²) in [7, 11) is 3.25. The normalized spacial score (nSPS) is 12.3. The van der Waals surface area contributed by atoms with Crippen molar-refractivity contribution in [1.82, 2.24) is 0 Å². The Morgan fingerprint density at radius 2 is 1.79 bits per heavy atom. The summed E-state index contributed by atoms with van der Waals surface area (Å²) in [5.41, 5.74) is 1.07. The van der Waals surface area contributed by atoms with Gasteiger partial charge in [0.1, 0.15) is 0 Å². The predicted octanol–water partition coefficient (Wildman–Crippen LogP) is 5.67. The average Bonchev–Trinajstić information content (AvgIpc) is 2.84. The number of halogens is 3. The Morgan fingerprint density at radius 3 is 2.32 bits per heavy atom. The summed E-state index contributed by atoms with van der Waals surface area (Å²) < 4.78 is 12.3. The molecule has 19 heavy (non-hydrogen) atoms. The maximum atomic E-state index is 5.98. The van der Waals surface area contributed by atoms with Gasteiger partial charge in [0.25, 0.3) is 0 Å². The smallest absolute Gasteiger partial charge is 0.161 e. The molecule has 0 aliphatic carbocycles. The van der Waals surface area contributed by atoms with E-state index in [0.717, 1.165) is 19.2 Å². The van der Waals surface area contributed by atoms with Crippen molar-refractivity contribution < 1.29 is 9.47 Å². The molecule has 0 amide bonds. The third kappa shape index (κ3) is 3.27. The molecule has 0 aliphatic heterocycles. The molecule has 1 atom stereocenters. The molecule has 0 saturated carbocycles. The molecular weight excluding hydrogens is 415 g/mol. The molecule has 0 fully saturated rings. The molecule has 102 valence electrons. The van der Waals surface area contributed by atoms with Crippen LogP contribution in [0.2, 0.25) is 4.34 Å². The van der Waals surface area contributed by atoms with Crippen molar-refractivity contribution >= 4 is 54.8 Å². The SMILES string of the molecule is COc1cc(Br)c(C(Br)c2ccc(Cl)s2)cc1OC. The number of ether oxygens (including phenoxy) is 2. The van der Waals surface area contributed by atoms with Gasteiger partial charge in [0.05, 0.1) is 23.4 Å². The highest BCUT2D eigenvalue weighted by Gasteiger charge is 2.18. The van der Waals surface area contributed by atoms with Crippen LogP contribution in [0.25, 0.3) is 0 Å². The predicted molar refractivity (Wildman–Crippen MR) is 87.3 cm³/mol. The summed E-state index contributed by atoms with van der Waals surface area (Å²) in [6.45, 7) is 0. The van der Waals surface area contributed by atoms with Gasteiger partial charge < -0.3 is 9.47 Å². The average molecular weight is 427 g/mol. The third-order valence-electron chi connectivity index (χ3n) is 2.62. The Morgan fingerprint density at radius 1 is 1.16 bits per heavy atom. The van der Waals surface area contributed by atoms with E-state index in [1.165, 1.54) is 0 Å². The second kappa shape index (κ2) is 6.48. The van der Waals surface area contributed by atoms with Gasteiger partial charge in [-0.05, 0) is 29.8 Å². The minimum Gasteiger partial charge on any atom is -0.493 e. The van der Waals surface area contributed by atoms with Crippen molar-refractivity contribution in [3.63, 3.8) is 0 Å². The minimum absolute atomic E-state index is 0.0548. The zero-order valence-electron chi connectivity index (χ0n) is 10.2. The number of hydrogen-bond acceptors (Lipinski definition) is 3. The molecule has 0 aliphatic rings. The maximum absolute atomic E-state index is 5.98. The monoisotopic (exact) mass is 424 g/mol. The lowest BCUT2D eigenvalue weighted by Gasteiger charge is -2.15. The first kappa shape index (κ1) is 15.2. The van der Waals surface area contributed by atoms with Gasteiger partial charge in [0.2, 0.25) is 0 Å². The van der Waals surface area contributed by atoms with E-state index in [9.17, 15) is 0 Å². The van der Waals surface area contributed by atoms with Crippen LogP contribution in [0.1, 0.15) is 15.3 Å². The third-order valence-corrected chi connectivity index (χ3v) is 5.89. The molecule has 1 heterocycles. The Kier molecular flexibility index (Phi) is 5.17. The summed E-state index contributed by atoms with van der Waals surface area (Å²) in [6.07, 6.45) is 0. The van der Waals surface area contributed by atoms with Gasteiger partial charge in [-0.25, -0.2) is 0 Å². The van der Waals surface area contributed by atoms with Crippen LogP contribution in [0.5, 0.6) is 11.5 Å². The molecule has 2 aromatic rings. The highest BCUT2D eigenvalue weighted by molar-refractivity contribution is 9.11. The molecule has 0 spiro atoms. The quantitative estimate of drug-likeness (QED) is 0.587. The zero-order chi connectivity index (χ0) is 14.0. The number of thiophene rings is 1. The van der Waals surface area contributed by atoms with Crippen LogP contribution in [-0.2, 0) is 0 Å². The van der Waals surface area contributed by atoms with Crippen molar-refractivity contribution in [2.45, 2.75) is 4.83 Å². The Labute approximate surface area is 137 Å². The lowest BCUT2D eigenvalue weighted by Crippen LogP contribution is -1.96. The lowest BCUT2D eigenvalue weighted by atomic mass is 10.1. The molecule has 1 unspecified atom stereocenters. The van der Waals surface area contributed by atoms with E-state index < -0.39 is 0 Å². The van der Waals surface area contributed by atoms with Gasteiger partial charge in [0.15, 0.2) is 11.5 Å². The Hall–Kier alpha value is -0.230. The van der Waals surface area contributed by atoms with Crippen molar-refractivity contribution in [1.29, 1.82) is 0 Å². The van der Waals surface area contributed by atoms with Gasteiger partial charge in [-0.2, -0.15) is 0 Å². The van der Waals surface area contributed by atoms with E-state index in [1.807, 2.05) is 24.3 Å². The molecule has 0 bridgehead atoms. The second-order valence-corrected chi connectivity index (χ2v) is 7.25. The first-order chi connectivity index (χ1) is 9.06. The summed E-state index contributed by atoms with van der Waals surface area (Å²) in [5.74, 6) is 1.40. The summed E-state index contributed by atoms with van der Waals surface area (Å²) in [6, 6.07) is 7.76. The van der Waals surface area contributed by atoms with Crippen LogP contribution in [0, 0.1) is 0 Å². The van der Waals surface area contributed by atoms with Crippen LogP contribution in [-0.4, -0.2) is 14.2 Å². The molecule has 1 aromatic carbocycles. The molecule has 6 heteroatoms. The first-order valence-electron chi connectivity index (χ1n) is 5.37. The number of rotatable bonds is 4. The number of alkyl halides is 1. The highest BCUT2D eigenvalue weighted by atomic mass is 79.9. The first-order valence-corrected chi connectivity index (χ1v) is 8.28. The van der Waals surface area contributed by atoms with E-state index in [4.69, 9.17) is 21.1 Å². The fraction of sp³-hybridized carbons (Fsp3) is 0.231. The van der Waals surface area contributed by atoms with Crippen LogP contribution < -0.4 is 9.47 Å². The highest BCUT2D eigenvalue weighted by Crippen LogP contribution is 2.43. The zero-order valence-corrected chi connectivity index (χ0v) is 15.0. The Balaban J connectivity index is 2.44. The summed E-state index contributed by atoms with van der Waals surface area (Å²) in [4.78, 5) is 1.19. The molecule has 0 saturated heterocycles. The standard InChI is InChI=1S/C13H11Br2ClO2S/c1-17-9-5-7(8(14)6-10(9)18-2)13(15)11-3-4-12(16)19-11/h3-6,13H,1-2H3. The topological polar surface area (TPSA) is 18.5 Å². The largest absolute Gasteiger partial charge is 0.493 e. The lowest BCUT2D eigenvalue weighted by molar-refractivity contribution is 0.354. The molecule has 2 nitrogen and oxygen atoms in total. The van der Waals surface area contributed by atoms with E-state index in [-0.39, 0.29) is 4.83 Å². The van der Waals surface area contributed by atoms with Crippen LogP contribution >= 0.6 is 54.8 Å². The van der Waals surface area contributed by atoms with Crippen LogP contribution in [0.4, 0.5) is 0 Å². The number of hydrogen-bond donors (Lipinski definition) is 0. The van der Waals surface area contributed by atoms with Crippen LogP contribution in [0.15, 0.2) is 28.7 Å². The summed E-state index contributed by atoms with van der Waals surface area (Å²) in [5, 5.41) is 0. The van der Waals surface area contributed by atoms with Crippen LogP contribution in [0.3, 0.4) is 0 Å². The van der Waals surface area contributed by atoms with Gasteiger partial charge in [-0.3, -0.25) is 0 Å². The molecular formula is C13H11Br2ClO2S. The fourth-order valence-corrected chi connectivity index (χ4v) is 4.41.